The number of nitrogens with zero attached hydrogens (tertiary/aromatic N) is 3. The van der Waals surface area contributed by atoms with E-state index < -0.39 is 0 Å². The molecular formula is C23H21N3O2. The molecule has 28 heavy (non-hydrogen) atoms. The van der Waals surface area contributed by atoms with Gasteiger partial charge < -0.3 is 14.0 Å². The van der Waals surface area contributed by atoms with Gasteiger partial charge in [-0.15, -0.1) is 5.11 Å². The lowest BCUT2D eigenvalue weighted by atomic mass is 10.1. The Morgan fingerprint density at radius 1 is 0.714 bits per heavy atom. The third-order valence-corrected chi connectivity index (χ3v) is 4.78. The summed E-state index contributed by atoms with van der Waals surface area (Å²) in [6.45, 7) is 0. The van der Waals surface area contributed by atoms with E-state index in [0.717, 1.165) is 45.0 Å². The van der Waals surface area contributed by atoms with Gasteiger partial charge in [-0.1, -0.05) is 18.2 Å². The first-order valence-corrected chi connectivity index (χ1v) is 8.99. The number of rotatable bonds is 5. The molecule has 0 unspecified atom stereocenters. The molecule has 0 N–H and O–H groups in total. The van der Waals surface area contributed by atoms with Crippen LogP contribution in [0, 0.1) is 0 Å². The third-order valence-electron chi connectivity index (χ3n) is 4.78. The van der Waals surface area contributed by atoms with Gasteiger partial charge in [-0.25, -0.2) is 0 Å². The fraction of sp³-hybridized carbons (Fsp3) is 0.130. The summed E-state index contributed by atoms with van der Waals surface area (Å²) in [6, 6.07) is 23.7. The zero-order valence-corrected chi connectivity index (χ0v) is 16.1. The maximum absolute atomic E-state index is 5.29. The van der Waals surface area contributed by atoms with Crippen LogP contribution in [-0.2, 0) is 7.05 Å². The molecule has 0 saturated carbocycles. The van der Waals surface area contributed by atoms with Crippen molar-refractivity contribution < 1.29 is 9.47 Å². The molecule has 0 aliphatic heterocycles. The van der Waals surface area contributed by atoms with E-state index in [2.05, 4.69) is 26.9 Å². The molecule has 5 nitrogen and oxygen atoms in total. The average molecular weight is 371 g/mol. The first-order chi connectivity index (χ1) is 13.7. The minimum absolute atomic E-state index is 0.773. The Morgan fingerprint density at radius 3 is 1.96 bits per heavy atom. The molecule has 0 aliphatic rings. The Morgan fingerprint density at radius 2 is 1.32 bits per heavy atom. The van der Waals surface area contributed by atoms with E-state index in [0.29, 0.717) is 0 Å². The molecule has 0 fully saturated rings. The standard InChI is InChI=1S/C23H21N3O2/c1-26-21-7-5-4-6-20(21)22(23(26)16-8-12-18(27-2)13-9-16)25-24-17-10-14-19(28-3)15-11-17/h4-15H,1-3H3. The lowest BCUT2D eigenvalue weighted by Crippen LogP contribution is -1.91. The monoisotopic (exact) mass is 371 g/mol. The number of hydrogen-bond donors (Lipinski definition) is 0. The van der Waals surface area contributed by atoms with Gasteiger partial charge in [0.2, 0.25) is 0 Å². The lowest BCUT2D eigenvalue weighted by molar-refractivity contribution is 0.414. The molecule has 4 aromatic rings. The van der Waals surface area contributed by atoms with Gasteiger partial charge >= 0.3 is 0 Å². The highest BCUT2D eigenvalue weighted by atomic mass is 16.5. The van der Waals surface area contributed by atoms with Crippen LogP contribution in [0.1, 0.15) is 0 Å². The highest BCUT2D eigenvalue weighted by Gasteiger charge is 2.16. The number of aromatic nitrogens is 1. The van der Waals surface area contributed by atoms with Gasteiger partial charge in [-0.05, 0) is 54.6 Å². The highest BCUT2D eigenvalue weighted by molar-refractivity contribution is 6.00. The number of benzene rings is 3. The molecule has 3 aromatic carbocycles. The van der Waals surface area contributed by atoms with Gasteiger partial charge in [-0.2, -0.15) is 5.11 Å². The fourth-order valence-electron chi connectivity index (χ4n) is 3.31. The summed E-state index contributed by atoms with van der Waals surface area (Å²) in [6.07, 6.45) is 0. The zero-order valence-electron chi connectivity index (χ0n) is 16.1. The smallest absolute Gasteiger partial charge is 0.119 e. The molecule has 0 atom stereocenters. The minimum Gasteiger partial charge on any atom is -0.497 e. The van der Waals surface area contributed by atoms with Gasteiger partial charge in [-0.3, -0.25) is 0 Å². The third kappa shape index (κ3) is 3.22. The molecular weight excluding hydrogens is 350 g/mol. The first-order valence-electron chi connectivity index (χ1n) is 8.99. The van der Waals surface area contributed by atoms with Crippen molar-refractivity contribution in [1.82, 2.24) is 4.57 Å². The van der Waals surface area contributed by atoms with Crippen LogP contribution >= 0.6 is 0 Å². The molecule has 0 radical (unpaired) electrons. The summed E-state index contributed by atoms with van der Waals surface area (Å²) in [5, 5.41) is 10.2. The van der Waals surface area contributed by atoms with Crippen LogP contribution in [0.4, 0.5) is 11.4 Å². The number of aryl methyl sites for hydroxylation is 1. The minimum atomic E-state index is 0.773. The van der Waals surface area contributed by atoms with Crippen LogP contribution in [0.5, 0.6) is 11.5 Å². The highest BCUT2D eigenvalue weighted by Crippen LogP contribution is 2.40. The SMILES string of the molecule is COc1ccc(N=Nc2c(-c3ccc(OC)cc3)n(C)c3ccccc23)cc1. The van der Waals surface area contributed by atoms with Gasteiger partial charge in [0.05, 0.1) is 31.1 Å². The maximum atomic E-state index is 5.29. The van der Waals surface area contributed by atoms with Crippen molar-refractivity contribution in [3.63, 3.8) is 0 Å². The molecule has 1 aromatic heterocycles. The number of para-hydroxylation sites is 1. The van der Waals surface area contributed by atoms with E-state index in [1.165, 1.54) is 0 Å². The normalized spacial score (nSPS) is 11.2. The van der Waals surface area contributed by atoms with E-state index in [9.17, 15) is 0 Å². The zero-order chi connectivity index (χ0) is 19.5. The van der Waals surface area contributed by atoms with Gasteiger partial charge in [0, 0.05) is 18.0 Å². The van der Waals surface area contributed by atoms with Crippen LogP contribution in [0.25, 0.3) is 22.2 Å². The maximum Gasteiger partial charge on any atom is 0.119 e. The van der Waals surface area contributed by atoms with Crippen LogP contribution < -0.4 is 9.47 Å². The Balaban J connectivity index is 1.84. The van der Waals surface area contributed by atoms with E-state index in [1.807, 2.05) is 67.7 Å². The topological polar surface area (TPSA) is 48.1 Å². The van der Waals surface area contributed by atoms with E-state index in [4.69, 9.17) is 9.47 Å². The average Bonchev–Trinajstić information content (AvgIpc) is 3.04. The van der Waals surface area contributed by atoms with Gasteiger partial charge in [0.25, 0.3) is 0 Å². The summed E-state index contributed by atoms with van der Waals surface area (Å²) >= 11 is 0. The number of methoxy groups -OCH3 is 2. The van der Waals surface area contributed by atoms with Crippen molar-refractivity contribution in [3.05, 3.63) is 72.8 Å². The number of hydrogen-bond acceptors (Lipinski definition) is 4. The van der Waals surface area contributed by atoms with Gasteiger partial charge in [0.1, 0.15) is 17.2 Å². The van der Waals surface area contributed by atoms with Crippen molar-refractivity contribution in [2.45, 2.75) is 0 Å². The Labute approximate surface area is 163 Å². The van der Waals surface area contributed by atoms with Crippen LogP contribution in [0.2, 0.25) is 0 Å². The van der Waals surface area contributed by atoms with Crippen LogP contribution in [0.15, 0.2) is 83.0 Å². The van der Waals surface area contributed by atoms with Crippen molar-refractivity contribution in [1.29, 1.82) is 0 Å². The molecule has 4 rings (SSSR count). The van der Waals surface area contributed by atoms with Crippen LogP contribution in [-0.4, -0.2) is 18.8 Å². The molecule has 140 valence electrons. The summed E-state index contributed by atoms with van der Waals surface area (Å²) in [5.41, 5.74) is 4.80. The molecule has 1 heterocycles. The van der Waals surface area contributed by atoms with E-state index >= 15 is 0 Å². The predicted molar refractivity (Wildman–Crippen MR) is 112 cm³/mol. The van der Waals surface area contributed by atoms with E-state index in [1.54, 1.807) is 14.2 Å². The molecule has 0 saturated heterocycles. The summed E-state index contributed by atoms with van der Waals surface area (Å²) in [7, 11) is 5.36. The van der Waals surface area contributed by atoms with E-state index in [-0.39, 0.29) is 0 Å². The van der Waals surface area contributed by atoms with Gasteiger partial charge in [0.15, 0.2) is 0 Å². The van der Waals surface area contributed by atoms with Crippen molar-refractivity contribution in [2.75, 3.05) is 14.2 Å². The molecule has 5 heteroatoms. The molecule has 0 aliphatic carbocycles. The Kier molecular flexibility index (Phi) is 4.81. The number of fused-ring (bicyclic) bond motifs is 1. The number of ether oxygens (including phenoxy) is 2. The molecule has 0 bridgehead atoms. The predicted octanol–water partition coefficient (Wildman–Crippen LogP) is 6.28. The van der Waals surface area contributed by atoms with Crippen molar-refractivity contribution >= 4 is 22.3 Å². The van der Waals surface area contributed by atoms with Crippen molar-refractivity contribution in [3.8, 4) is 22.8 Å². The second-order valence-electron chi connectivity index (χ2n) is 6.40. The fourth-order valence-corrected chi connectivity index (χ4v) is 3.31. The lowest BCUT2D eigenvalue weighted by Gasteiger charge is -2.07. The second-order valence-corrected chi connectivity index (χ2v) is 6.40. The summed E-state index contributed by atoms with van der Waals surface area (Å²) in [5.74, 6) is 1.62. The Bertz CT molecular complexity index is 1130. The number of azo groups is 1. The second kappa shape index (κ2) is 7.56. The quantitative estimate of drug-likeness (QED) is 0.388. The van der Waals surface area contributed by atoms with Crippen molar-refractivity contribution in [2.24, 2.45) is 17.3 Å². The first kappa shape index (κ1) is 17.8. The molecule has 0 spiro atoms. The largest absolute Gasteiger partial charge is 0.497 e. The summed E-state index contributed by atoms with van der Waals surface area (Å²) < 4.78 is 12.6. The summed E-state index contributed by atoms with van der Waals surface area (Å²) in [4.78, 5) is 0. The molecule has 0 amide bonds. The Hall–Kier alpha value is -3.60. The van der Waals surface area contributed by atoms with Crippen LogP contribution in [0.3, 0.4) is 0 Å².